The zero-order valence-corrected chi connectivity index (χ0v) is 10.1. The van der Waals surface area contributed by atoms with Crippen molar-refractivity contribution in [2.24, 2.45) is 7.05 Å². The normalized spacial score (nSPS) is 11.2. The van der Waals surface area contributed by atoms with Crippen molar-refractivity contribution in [3.8, 4) is 0 Å². The Bertz CT molecular complexity index is 277. The van der Waals surface area contributed by atoms with Gasteiger partial charge in [0.15, 0.2) is 0 Å². The quantitative estimate of drug-likeness (QED) is 0.659. The van der Waals surface area contributed by atoms with Crippen molar-refractivity contribution in [2.75, 3.05) is 32.7 Å². The van der Waals surface area contributed by atoms with Crippen molar-refractivity contribution in [3.63, 3.8) is 0 Å². The number of aryl methyl sites for hydroxylation is 1. The monoisotopic (exact) mass is 231 g/mol. The maximum atomic E-state index is 5.74. The van der Waals surface area contributed by atoms with Crippen molar-refractivity contribution in [2.45, 2.75) is 6.54 Å². The summed E-state index contributed by atoms with van der Waals surface area (Å²) >= 11 is 5.74. The molecule has 1 aromatic rings. The molecule has 1 rings (SSSR count). The Labute approximate surface area is 95.8 Å². The van der Waals surface area contributed by atoms with Crippen LogP contribution in [0, 0.1) is 0 Å². The molecule has 0 radical (unpaired) electrons. The fourth-order valence-corrected chi connectivity index (χ4v) is 1.63. The van der Waals surface area contributed by atoms with E-state index in [0.29, 0.717) is 5.88 Å². The van der Waals surface area contributed by atoms with Gasteiger partial charge in [0.2, 0.25) is 0 Å². The third-order valence-corrected chi connectivity index (χ3v) is 2.34. The second-order valence-electron chi connectivity index (χ2n) is 3.44. The van der Waals surface area contributed by atoms with Gasteiger partial charge in [-0.25, -0.2) is 0 Å². The Balaban J connectivity index is 2.42. The van der Waals surface area contributed by atoms with Crippen molar-refractivity contribution in [1.82, 2.24) is 14.7 Å². The first-order valence-corrected chi connectivity index (χ1v) is 5.55. The Hall–Kier alpha value is -0.580. The molecule has 0 aliphatic heterocycles. The molecule has 0 bridgehead atoms. The highest BCUT2D eigenvalue weighted by atomic mass is 35.5. The van der Waals surface area contributed by atoms with Crippen LogP contribution in [0.1, 0.15) is 5.69 Å². The molecule has 0 amide bonds. The van der Waals surface area contributed by atoms with Gasteiger partial charge in [-0.2, -0.15) is 5.10 Å². The minimum atomic E-state index is 0.635. The van der Waals surface area contributed by atoms with Gasteiger partial charge in [0.1, 0.15) is 0 Å². The summed E-state index contributed by atoms with van der Waals surface area (Å²) in [7, 11) is 3.63. The number of nitrogens with zero attached hydrogens (tertiary/aromatic N) is 3. The Morgan fingerprint density at radius 1 is 1.53 bits per heavy atom. The van der Waals surface area contributed by atoms with E-state index in [1.165, 1.54) is 0 Å². The number of methoxy groups -OCH3 is 1. The molecule has 86 valence electrons. The average Bonchev–Trinajstić information content (AvgIpc) is 2.61. The van der Waals surface area contributed by atoms with Crippen LogP contribution in [0.15, 0.2) is 12.3 Å². The molecule has 0 saturated carbocycles. The predicted octanol–water partition coefficient (Wildman–Crippen LogP) is 1.11. The van der Waals surface area contributed by atoms with E-state index in [-0.39, 0.29) is 0 Å². The molecular weight excluding hydrogens is 214 g/mol. The molecular formula is C10H18ClN3O. The van der Waals surface area contributed by atoms with Gasteiger partial charge in [-0.3, -0.25) is 9.58 Å². The number of rotatable bonds is 7. The zero-order valence-electron chi connectivity index (χ0n) is 9.32. The van der Waals surface area contributed by atoms with Crippen LogP contribution in [0.2, 0.25) is 0 Å². The van der Waals surface area contributed by atoms with Crippen LogP contribution in [0.25, 0.3) is 0 Å². The van der Waals surface area contributed by atoms with Crippen LogP contribution in [0.3, 0.4) is 0 Å². The van der Waals surface area contributed by atoms with Gasteiger partial charge >= 0.3 is 0 Å². The van der Waals surface area contributed by atoms with Crippen molar-refractivity contribution in [3.05, 3.63) is 18.0 Å². The molecule has 0 saturated heterocycles. The molecule has 0 aromatic carbocycles. The molecule has 1 aromatic heterocycles. The number of hydrogen-bond donors (Lipinski definition) is 0. The van der Waals surface area contributed by atoms with E-state index in [1.807, 2.05) is 24.0 Å². The molecule has 0 aliphatic rings. The molecule has 0 N–H and O–H groups in total. The predicted molar refractivity (Wildman–Crippen MR) is 61.1 cm³/mol. The highest BCUT2D eigenvalue weighted by Gasteiger charge is 2.06. The summed E-state index contributed by atoms with van der Waals surface area (Å²) in [4.78, 5) is 2.23. The van der Waals surface area contributed by atoms with E-state index in [4.69, 9.17) is 16.3 Å². The topological polar surface area (TPSA) is 30.3 Å². The van der Waals surface area contributed by atoms with Gasteiger partial charge in [-0.05, 0) is 6.07 Å². The maximum Gasteiger partial charge on any atom is 0.0764 e. The van der Waals surface area contributed by atoms with Crippen LogP contribution in [-0.2, 0) is 18.3 Å². The van der Waals surface area contributed by atoms with Gasteiger partial charge < -0.3 is 4.74 Å². The van der Waals surface area contributed by atoms with Gasteiger partial charge in [0, 0.05) is 45.9 Å². The number of halogens is 1. The highest BCUT2D eigenvalue weighted by Crippen LogP contribution is 2.01. The molecule has 4 nitrogen and oxygen atoms in total. The lowest BCUT2D eigenvalue weighted by Crippen LogP contribution is -2.29. The number of aromatic nitrogens is 2. The largest absolute Gasteiger partial charge is 0.383 e. The first kappa shape index (κ1) is 12.5. The van der Waals surface area contributed by atoms with Crippen molar-refractivity contribution >= 4 is 11.6 Å². The van der Waals surface area contributed by atoms with Gasteiger partial charge in [-0.15, -0.1) is 11.6 Å². The summed E-state index contributed by atoms with van der Waals surface area (Å²) in [5.74, 6) is 0.635. The number of alkyl halides is 1. The lowest BCUT2D eigenvalue weighted by atomic mass is 10.4. The van der Waals surface area contributed by atoms with Gasteiger partial charge in [0.25, 0.3) is 0 Å². The standard InChI is InChI=1S/C10H18ClN3O/c1-13-5-3-10(12-13)9-14(6-4-11)7-8-15-2/h3,5H,4,6-9H2,1-2H3. The third-order valence-electron chi connectivity index (χ3n) is 2.17. The van der Waals surface area contributed by atoms with Crippen LogP contribution in [0.5, 0.6) is 0 Å². The van der Waals surface area contributed by atoms with Crippen molar-refractivity contribution < 1.29 is 4.74 Å². The average molecular weight is 232 g/mol. The molecule has 5 heteroatoms. The lowest BCUT2D eigenvalue weighted by Gasteiger charge is -2.19. The Morgan fingerprint density at radius 2 is 2.33 bits per heavy atom. The molecule has 0 unspecified atom stereocenters. The lowest BCUT2D eigenvalue weighted by molar-refractivity contribution is 0.147. The van der Waals surface area contributed by atoms with Crippen LogP contribution >= 0.6 is 11.6 Å². The third kappa shape index (κ3) is 4.64. The zero-order chi connectivity index (χ0) is 11.1. The first-order chi connectivity index (χ1) is 7.26. The molecule has 0 spiro atoms. The minimum absolute atomic E-state index is 0.635. The Morgan fingerprint density at radius 3 is 2.87 bits per heavy atom. The van der Waals surface area contributed by atoms with Crippen LogP contribution < -0.4 is 0 Å². The summed E-state index contributed by atoms with van der Waals surface area (Å²) in [5.41, 5.74) is 1.07. The fourth-order valence-electron chi connectivity index (χ4n) is 1.39. The second kappa shape index (κ2) is 6.82. The van der Waals surface area contributed by atoms with E-state index in [0.717, 1.165) is 31.9 Å². The smallest absolute Gasteiger partial charge is 0.0764 e. The van der Waals surface area contributed by atoms with Crippen LogP contribution in [0.4, 0.5) is 0 Å². The molecule has 15 heavy (non-hydrogen) atoms. The SMILES string of the molecule is COCCN(CCCl)Cc1ccn(C)n1. The van der Waals surface area contributed by atoms with E-state index in [9.17, 15) is 0 Å². The first-order valence-electron chi connectivity index (χ1n) is 5.02. The van der Waals surface area contributed by atoms with E-state index < -0.39 is 0 Å². The van der Waals surface area contributed by atoms with E-state index in [2.05, 4.69) is 10.00 Å². The Kier molecular flexibility index (Phi) is 5.68. The summed E-state index contributed by atoms with van der Waals surface area (Å²) < 4.78 is 6.86. The van der Waals surface area contributed by atoms with Gasteiger partial charge in [0.05, 0.1) is 12.3 Å². The fraction of sp³-hybridized carbons (Fsp3) is 0.700. The molecule has 0 fully saturated rings. The summed E-state index contributed by atoms with van der Waals surface area (Å²) in [6.45, 7) is 3.31. The molecule has 0 atom stereocenters. The van der Waals surface area contributed by atoms with E-state index in [1.54, 1.807) is 7.11 Å². The minimum Gasteiger partial charge on any atom is -0.383 e. The van der Waals surface area contributed by atoms with Gasteiger partial charge in [-0.1, -0.05) is 0 Å². The van der Waals surface area contributed by atoms with E-state index >= 15 is 0 Å². The maximum absolute atomic E-state index is 5.74. The van der Waals surface area contributed by atoms with Crippen LogP contribution in [-0.4, -0.2) is 47.4 Å². The molecule has 1 heterocycles. The summed E-state index contributed by atoms with van der Waals surface area (Å²) in [6.07, 6.45) is 1.95. The molecule has 0 aliphatic carbocycles. The van der Waals surface area contributed by atoms with Crippen molar-refractivity contribution in [1.29, 1.82) is 0 Å². The highest BCUT2D eigenvalue weighted by molar-refractivity contribution is 6.18. The summed E-state index contributed by atoms with van der Waals surface area (Å²) in [5, 5.41) is 4.33. The summed E-state index contributed by atoms with van der Waals surface area (Å²) in [6, 6.07) is 2.02. The number of ether oxygens (including phenoxy) is 1. The number of hydrogen-bond acceptors (Lipinski definition) is 3. The second-order valence-corrected chi connectivity index (χ2v) is 3.82.